The summed E-state index contributed by atoms with van der Waals surface area (Å²) in [4.78, 5) is 0.123. The van der Waals surface area contributed by atoms with E-state index in [1.807, 2.05) is 18.2 Å². The minimum absolute atomic E-state index is 0.123. The van der Waals surface area contributed by atoms with Crippen molar-refractivity contribution in [1.29, 1.82) is 0 Å². The van der Waals surface area contributed by atoms with E-state index < -0.39 is 10.0 Å². The molecule has 1 saturated carbocycles. The molecule has 0 bridgehead atoms. The Morgan fingerprint density at radius 1 is 1.31 bits per heavy atom. The molecule has 1 aliphatic carbocycles. The van der Waals surface area contributed by atoms with Crippen LogP contribution in [0, 0.1) is 5.92 Å². The molecule has 1 aromatic heterocycles. The van der Waals surface area contributed by atoms with Crippen molar-refractivity contribution in [2.45, 2.75) is 43.0 Å². The van der Waals surface area contributed by atoms with Crippen LogP contribution >= 0.6 is 0 Å². The van der Waals surface area contributed by atoms with E-state index in [2.05, 4.69) is 9.82 Å². The normalized spacial score (nSPS) is 17.2. The van der Waals surface area contributed by atoms with Crippen molar-refractivity contribution in [2.75, 3.05) is 13.7 Å². The molecule has 26 heavy (non-hydrogen) atoms. The molecule has 0 spiro atoms. The van der Waals surface area contributed by atoms with Gasteiger partial charge in [0.2, 0.25) is 10.0 Å². The van der Waals surface area contributed by atoms with Gasteiger partial charge in [0.05, 0.1) is 19.5 Å². The predicted octanol–water partition coefficient (Wildman–Crippen LogP) is 2.07. The van der Waals surface area contributed by atoms with E-state index in [1.54, 1.807) is 13.2 Å². The standard InChI is InChI=1S/C18H26N4O3S/c1-25-18-10-6-5-9-17(18)22-13-15(12-20-22)26(23,24)21-16(11-19)14-7-3-2-4-8-14/h5-6,9-10,12-14,16,21H,2-4,7-8,11,19H2,1H3. The maximum absolute atomic E-state index is 12.8. The van der Waals surface area contributed by atoms with Crippen LogP contribution in [0.25, 0.3) is 5.69 Å². The number of hydrogen-bond donors (Lipinski definition) is 2. The highest BCUT2D eigenvalue weighted by Crippen LogP contribution is 2.27. The van der Waals surface area contributed by atoms with E-state index in [9.17, 15) is 8.42 Å². The molecule has 0 amide bonds. The topological polar surface area (TPSA) is 99.2 Å². The van der Waals surface area contributed by atoms with Crippen molar-refractivity contribution in [3.8, 4) is 11.4 Å². The molecule has 0 radical (unpaired) electrons. The molecule has 0 aliphatic heterocycles. The van der Waals surface area contributed by atoms with Gasteiger partial charge < -0.3 is 10.5 Å². The molecular weight excluding hydrogens is 352 g/mol. The SMILES string of the molecule is COc1ccccc1-n1cc(S(=O)(=O)NC(CN)C2CCCCC2)cn1. The molecule has 142 valence electrons. The van der Waals surface area contributed by atoms with Crippen LogP contribution in [0.3, 0.4) is 0 Å². The molecule has 1 fully saturated rings. The average Bonchev–Trinajstić information content (AvgIpc) is 3.18. The third kappa shape index (κ3) is 4.08. The highest BCUT2D eigenvalue weighted by atomic mass is 32.2. The molecule has 1 heterocycles. The second kappa shape index (κ2) is 8.20. The highest BCUT2D eigenvalue weighted by molar-refractivity contribution is 7.89. The number of nitrogens with zero attached hydrogens (tertiary/aromatic N) is 2. The summed E-state index contributed by atoms with van der Waals surface area (Å²) in [5, 5.41) is 4.19. The van der Waals surface area contributed by atoms with Gasteiger partial charge in [-0.05, 0) is 30.9 Å². The number of hydrogen-bond acceptors (Lipinski definition) is 5. The monoisotopic (exact) mass is 378 g/mol. The number of ether oxygens (including phenoxy) is 1. The van der Waals surface area contributed by atoms with Crippen LogP contribution in [0.1, 0.15) is 32.1 Å². The average molecular weight is 378 g/mol. The number of methoxy groups -OCH3 is 1. The summed E-state index contributed by atoms with van der Waals surface area (Å²) >= 11 is 0. The predicted molar refractivity (Wildman–Crippen MR) is 99.9 cm³/mol. The number of sulfonamides is 1. The number of nitrogens with one attached hydrogen (secondary N) is 1. The summed E-state index contributed by atoms with van der Waals surface area (Å²) in [7, 11) is -2.11. The molecule has 7 nitrogen and oxygen atoms in total. The maximum Gasteiger partial charge on any atom is 0.244 e. The zero-order valence-electron chi connectivity index (χ0n) is 15.0. The van der Waals surface area contributed by atoms with E-state index in [1.165, 1.54) is 23.5 Å². The van der Waals surface area contributed by atoms with Crippen LogP contribution in [0.4, 0.5) is 0 Å². The van der Waals surface area contributed by atoms with Gasteiger partial charge in [-0.2, -0.15) is 5.10 Å². The van der Waals surface area contributed by atoms with Crippen molar-refractivity contribution >= 4 is 10.0 Å². The van der Waals surface area contributed by atoms with Crippen LogP contribution in [0.5, 0.6) is 5.75 Å². The molecule has 2 aromatic rings. The summed E-state index contributed by atoms with van der Waals surface area (Å²) < 4.78 is 35.2. The van der Waals surface area contributed by atoms with Crippen LogP contribution in [-0.4, -0.2) is 37.9 Å². The van der Waals surface area contributed by atoms with Crippen molar-refractivity contribution < 1.29 is 13.2 Å². The number of aromatic nitrogens is 2. The van der Waals surface area contributed by atoms with Crippen molar-refractivity contribution in [2.24, 2.45) is 11.7 Å². The largest absolute Gasteiger partial charge is 0.494 e. The van der Waals surface area contributed by atoms with Crippen LogP contribution < -0.4 is 15.2 Å². The lowest BCUT2D eigenvalue weighted by Gasteiger charge is -2.29. The Balaban J connectivity index is 1.80. The first-order valence-electron chi connectivity index (χ1n) is 8.95. The van der Waals surface area contributed by atoms with E-state index in [0.29, 0.717) is 23.9 Å². The van der Waals surface area contributed by atoms with Gasteiger partial charge in [-0.15, -0.1) is 0 Å². The van der Waals surface area contributed by atoms with Crippen molar-refractivity contribution in [3.05, 3.63) is 36.7 Å². The molecule has 1 unspecified atom stereocenters. The second-order valence-electron chi connectivity index (χ2n) is 6.65. The van der Waals surface area contributed by atoms with Gasteiger partial charge in [-0.25, -0.2) is 17.8 Å². The van der Waals surface area contributed by atoms with Gasteiger partial charge in [0, 0.05) is 12.6 Å². The van der Waals surface area contributed by atoms with E-state index >= 15 is 0 Å². The third-order valence-electron chi connectivity index (χ3n) is 4.98. The summed E-state index contributed by atoms with van der Waals surface area (Å²) in [5.41, 5.74) is 6.54. The smallest absolute Gasteiger partial charge is 0.244 e. The van der Waals surface area contributed by atoms with E-state index in [0.717, 1.165) is 25.7 Å². The van der Waals surface area contributed by atoms with Crippen molar-refractivity contribution in [1.82, 2.24) is 14.5 Å². The first-order valence-corrected chi connectivity index (χ1v) is 10.4. The Kier molecular flexibility index (Phi) is 5.95. The first kappa shape index (κ1) is 18.9. The summed E-state index contributed by atoms with van der Waals surface area (Å²) in [5.74, 6) is 0.919. The molecule has 3 N–H and O–H groups in total. The summed E-state index contributed by atoms with van der Waals surface area (Å²) in [6.45, 7) is 0.296. The number of rotatable bonds is 7. The van der Waals surface area contributed by atoms with Gasteiger partial charge in [0.25, 0.3) is 0 Å². The zero-order valence-corrected chi connectivity index (χ0v) is 15.8. The highest BCUT2D eigenvalue weighted by Gasteiger charge is 2.28. The Labute approximate surface area is 154 Å². The lowest BCUT2D eigenvalue weighted by molar-refractivity contribution is 0.294. The fourth-order valence-corrected chi connectivity index (χ4v) is 4.78. The molecule has 1 aliphatic rings. The van der Waals surface area contributed by atoms with Crippen LogP contribution in [0.2, 0.25) is 0 Å². The Hall–Kier alpha value is -1.90. The number of nitrogens with two attached hydrogens (primary N) is 1. The molecular formula is C18H26N4O3S. The van der Waals surface area contributed by atoms with Gasteiger partial charge in [-0.3, -0.25) is 0 Å². The van der Waals surface area contributed by atoms with Gasteiger partial charge in [0.15, 0.2) is 0 Å². The lowest BCUT2D eigenvalue weighted by Crippen LogP contribution is -2.45. The minimum atomic E-state index is -3.68. The molecule has 8 heteroatoms. The zero-order chi connectivity index (χ0) is 18.6. The Bertz CT molecular complexity index is 828. The van der Waals surface area contributed by atoms with Crippen molar-refractivity contribution in [3.63, 3.8) is 0 Å². The second-order valence-corrected chi connectivity index (χ2v) is 8.37. The van der Waals surface area contributed by atoms with Gasteiger partial charge in [-0.1, -0.05) is 31.4 Å². The molecule has 1 atom stereocenters. The third-order valence-corrected chi connectivity index (χ3v) is 6.42. The van der Waals surface area contributed by atoms with Crippen LogP contribution in [-0.2, 0) is 10.0 Å². The molecule has 3 rings (SSSR count). The maximum atomic E-state index is 12.8. The fourth-order valence-electron chi connectivity index (χ4n) is 3.54. The number of para-hydroxylation sites is 2. The number of benzene rings is 1. The fraction of sp³-hybridized carbons (Fsp3) is 0.500. The molecule has 0 saturated heterocycles. The lowest BCUT2D eigenvalue weighted by atomic mass is 9.84. The Morgan fingerprint density at radius 2 is 2.04 bits per heavy atom. The van der Waals surface area contributed by atoms with E-state index in [4.69, 9.17) is 10.5 Å². The quantitative estimate of drug-likeness (QED) is 0.768. The van der Waals surface area contributed by atoms with Crippen LogP contribution in [0.15, 0.2) is 41.6 Å². The first-order chi connectivity index (χ1) is 12.5. The minimum Gasteiger partial charge on any atom is -0.494 e. The van der Waals surface area contributed by atoms with Gasteiger partial charge >= 0.3 is 0 Å². The summed E-state index contributed by atoms with van der Waals surface area (Å²) in [6.07, 6.45) is 8.36. The van der Waals surface area contributed by atoms with Gasteiger partial charge in [0.1, 0.15) is 16.3 Å². The molecule has 1 aromatic carbocycles. The van der Waals surface area contributed by atoms with E-state index in [-0.39, 0.29) is 10.9 Å². The summed E-state index contributed by atoms with van der Waals surface area (Å²) in [6, 6.07) is 7.08. The Morgan fingerprint density at radius 3 is 2.73 bits per heavy atom.